The van der Waals surface area contributed by atoms with Crippen molar-refractivity contribution in [2.45, 2.75) is 69.0 Å². The molecule has 0 aromatic heterocycles. The summed E-state index contributed by atoms with van der Waals surface area (Å²) in [5, 5.41) is 3.21. The van der Waals surface area contributed by atoms with E-state index in [1.165, 1.54) is 35.2 Å². The third-order valence-corrected chi connectivity index (χ3v) is 11.0. The lowest BCUT2D eigenvalue weighted by molar-refractivity contribution is -0.140. The first-order chi connectivity index (χ1) is 24.2. The zero-order valence-corrected chi connectivity index (χ0v) is 28.9. The Bertz CT molecular complexity index is 1880. The molecule has 0 spiro atoms. The van der Waals surface area contributed by atoms with Crippen molar-refractivity contribution in [2.75, 3.05) is 24.1 Å². The van der Waals surface area contributed by atoms with Crippen LogP contribution in [0.25, 0.3) is 0 Å². The predicted molar refractivity (Wildman–Crippen MR) is 189 cm³/mol. The van der Waals surface area contributed by atoms with E-state index in [1.807, 2.05) is 61.5 Å². The van der Waals surface area contributed by atoms with Crippen molar-refractivity contribution in [1.82, 2.24) is 10.2 Å². The number of amides is 2. The van der Waals surface area contributed by atoms with E-state index in [1.54, 1.807) is 0 Å². The second-order valence-electron chi connectivity index (χ2n) is 12.8. The summed E-state index contributed by atoms with van der Waals surface area (Å²) in [5.41, 5.74) is 2.78. The van der Waals surface area contributed by atoms with Crippen LogP contribution in [0.3, 0.4) is 0 Å². The minimum Gasteiger partial charge on any atom is -0.486 e. The molecule has 4 aromatic rings. The summed E-state index contributed by atoms with van der Waals surface area (Å²) in [5.74, 6) is -0.748. The van der Waals surface area contributed by atoms with Crippen molar-refractivity contribution in [1.29, 1.82) is 0 Å². The molecule has 0 saturated heterocycles. The van der Waals surface area contributed by atoms with Crippen LogP contribution < -0.4 is 19.1 Å². The third-order valence-electron chi connectivity index (χ3n) is 9.19. The molecule has 1 atom stereocenters. The van der Waals surface area contributed by atoms with Crippen LogP contribution in [0.4, 0.5) is 10.1 Å². The first kappa shape index (κ1) is 34.9. The fourth-order valence-electron chi connectivity index (χ4n) is 6.44. The average Bonchev–Trinajstić information content (AvgIpc) is 3.13. The first-order valence-corrected chi connectivity index (χ1v) is 18.5. The molecule has 1 fully saturated rings. The summed E-state index contributed by atoms with van der Waals surface area (Å²) in [6.07, 6.45) is 5.11. The maximum Gasteiger partial charge on any atom is 0.264 e. The number of anilines is 1. The predicted octanol–water partition coefficient (Wildman–Crippen LogP) is 6.19. The van der Waals surface area contributed by atoms with Crippen molar-refractivity contribution >= 4 is 27.5 Å². The quantitative estimate of drug-likeness (QED) is 0.189. The summed E-state index contributed by atoms with van der Waals surface area (Å²) in [4.78, 5) is 30.3. The average molecular weight is 700 g/mol. The van der Waals surface area contributed by atoms with E-state index >= 15 is 0 Å². The summed E-state index contributed by atoms with van der Waals surface area (Å²) >= 11 is 0. The maximum absolute atomic E-state index is 14.7. The van der Waals surface area contributed by atoms with Gasteiger partial charge in [0.1, 0.15) is 31.6 Å². The highest BCUT2D eigenvalue weighted by Crippen LogP contribution is 2.34. The van der Waals surface area contributed by atoms with Crippen molar-refractivity contribution in [3.8, 4) is 11.5 Å². The Kier molecular flexibility index (Phi) is 11.0. The van der Waals surface area contributed by atoms with Crippen LogP contribution in [0.5, 0.6) is 11.5 Å². The van der Waals surface area contributed by atoms with E-state index in [0.29, 0.717) is 12.4 Å². The minimum absolute atomic E-state index is 0.00264. The summed E-state index contributed by atoms with van der Waals surface area (Å²) in [7, 11) is -4.41. The van der Waals surface area contributed by atoms with Gasteiger partial charge in [-0.05, 0) is 67.3 Å². The molecule has 4 aromatic carbocycles. The van der Waals surface area contributed by atoms with Crippen LogP contribution in [-0.4, -0.2) is 57.0 Å². The molecule has 11 heteroatoms. The number of rotatable bonds is 12. The molecule has 0 bridgehead atoms. The SMILES string of the molecule is Cc1ccc(CN(C(=O)CN(c2ccc(F)cc2)S(=O)(=O)c2ccc3c(c2)OCCO3)[C@H](Cc2ccccc2)C(=O)NC2CCCCC2)cc1. The molecule has 2 amide bonds. The number of nitrogens with one attached hydrogen (secondary N) is 1. The number of carbonyl (C=O) groups is 2. The lowest BCUT2D eigenvalue weighted by Gasteiger charge is -2.35. The number of sulfonamides is 1. The van der Waals surface area contributed by atoms with E-state index in [-0.39, 0.29) is 47.9 Å². The highest BCUT2D eigenvalue weighted by atomic mass is 32.2. The summed E-state index contributed by atoms with van der Waals surface area (Å²) in [6.45, 7) is 1.99. The van der Waals surface area contributed by atoms with Gasteiger partial charge in [-0.25, -0.2) is 12.8 Å². The second kappa shape index (κ2) is 15.8. The normalized spacial score (nSPS) is 15.2. The Balaban J connectivity index is 1.39. The molecule has 0 unspecified atom stereocenters. The van der Waals surface area contributed by atoms with Gasteiger partial charge in [-0.2, -0.15) is 0 Å². The van der Waals surface area contributed by atoms with Gasteiger partial charge >= 0.3 is 0 Å². The number of carbonyl (C=O) groups excluding carboxylic acids is 2. The van der Waals surface area contributed by atoms with Gasteiger partial charge in [0.05, 0.1) is 10.6 Å². The molecular weight excluding hydrogens is 658 g/mol. The molecule has 2 aliphatic rings. The van der Waals surface area contributed by atoms with E-state index in [9.17, 15) is 22.4 Å². The van der Waals surface area contributed by atoms with Gasteiger partial charge in [-0.3, -0.25) is 13.9 Å². The number of aryl methyl sites for hydroxylation is 1. The molecule has 1 aliphatic carbocycles. The highest BCUT2D eigenvalue weighted by molar-refractivity contribution is 7.92. The van der Waals surface area contributed by atoms with Gasteiger partial charge in [0, 0.05) is 25.1 Å². The van der Waals surface area contributed by atoms with Crippen LogP contribution in [-0.2, 0) is 32.6 Å². The van der Waals surface area contributed by atoms with Crippen LogP contribution >= 0.6 is 0 Å². The van der Waals surface area contributed by atoms with Gasteiger partial charge < -0.3 is 19.7 Å². The number of fused-ring (bicyclic) bond motifs is 1. The molecule has 6 rings (SSSR count). The Morgan fingerprint density at radius 2 is 1.52 bits per heavy atom. The molecular formula is C39H42FN3O6S. The molecule has 9 nitrogen and oxygen atoms in total. The number of nitrogens with zero attached hydrogens (tertiary/aromatic N) is 2. The molecule has 1 saturated carbocycles. The van der Waals surface area contributed by atoms with E-state index in [0.717, 1.165) is 65.2 Å². The Hall–Kier alpha value is -4.90. The zero-order chi connectivity index (χ0) is 35.1. The van der Waals surface area contributed by atoms with Crippen molar-refractivity contribution in [2.24, 2.45) is 0 Å². The topological polar surface area (TPSA) is 105 Å². The van der Waals surface area contributed by atoms with E-state index in [2.05, 4.69) is 5.32 Å². The minimum atomic E-state index is -4.41. The number of benzene rings is 4. The van der Waals surface area contributed by atoms with Crippen molar-refractivity contribution < 1.29 is 31.9 Å². The van der Waals surface area contributed by atoms with Gasteiger partial charge in [-0.15, -0.1) is 0 Å². The lowest BCUT2D eigenvalue weighted by atomic mass is 9.94. The Labute approximate surface area is 293 Å². The van der Waals surface area contributed by atoms with Crippen LogP contribution in [0.1, 0.15) is 48.8 Å². The van der Waals surface area contributed by atoms with E-state index < -0.39 is 34.3 Å². The van der Waals surface area contributed by atoms with Gasteiger partial charge in [0.25, 0.3) is 10.0 Å². The molecule has 50 heavy (non-hydrogen) atoms. The monoisotopic (exact) mass is 699 g/mol. The summed E-state index contributed by atoms with van der Waals surface area (Å²) < 4.78 is 55.1. The van der Waals surface area contributed by atoms with Gasteiger partial charge in [0.15, 0.2) is 11.5 Å². The molecule has 1 N–H and O–H groups in total. The van der Waals surface area contributed by atoms with Gasteiger partial charge in [0.2, 0.25) is 11.8 Å². The fraction of sp³-hybridized carbons (Fsp3) is 0.333. The van der Waals surface area contributed by atoms with E-state index in [4.69, 9.17) is 9.47 Å². The smallest absolute Gasteiger partial charge is 0.264 e. The largest absolute Gasteiger partial charge is 0.486 e. The number of hydrogen-bond donors (Lipinski definition) is 1. The van der Waals surface area contributed by atoms with Crippen LogP contribution in [0.15, 0.2) is 102 Å². The molecule has 0 radical (unpaired) electrons. The number of hydrogen-bond acceptors (Lipinski definition) is 6. The van der Waals surface area contributed by atoms with Gasteiger partial charge in [-0.1, -0.05) is 79.4 Å². The highest BCUT2D eigenvalue weighted by Gasteiger charge is 2.36. The standard InChI is InChI=1S/C39H42FN3O6S/c1-28-12-14-30(15-13-28)26-42(35(24-29-8-4-2-5-9-29)39(45)41-32-10-6-3-7-11-32)38(44)27-43(33-18-16-31(40)17-19-33)50(46,47)34-20-21-36-37(25-34)49-23-22-48-36/h2,4-5,8-9,12-21,25,32,35H,3,6-7,10-11,22-24,26-27H2,1H3,(H,41,45)/t35-/m1/s1. The van der Waals surface area contributed by atoms with Crippen molar-refractivity contribution in [3.63, 3.8) is 0 Å². The summed E-state index contributed by atoms with van der Waals surface area (Å²) in [6, 6.07) is 25.4. The third kappa shape index (κ3) is 8.45. The second-order valence-corrected chi connectivity index (χ2v) is 14.7. The first-order valence-electron chi connectivity index (χ1n) is 17.0. The molecule has 1 heterocycles. The molecule has 1 aliphatic heterocycles. The zero-order valence-electron chi connectivity index (χ0n) is 28.1. The number of ether oxygens (including phenoxy) is 2. The Morgan fingerprint density at radius 1 is 0.840 bits per heavy atom. The maximum atomic E-state index is 14.7. The van der Waals surface area contributed by atoms with Crippen LogP contribution in [0, 0.1) is 12.7 Å². The van der Waals surface area contributed by atoms with Crippen LogP contribution in [0.2, 0.25) is 0 Å². The lowest BCUT2D eigenvalue weighted by Crippen LogP contribution is -2.55. The molecule has 262 valence electrons. The Morgan fingerprint density at radius 3 is 2.22 bits per heavy atom. The number of halogens is 1. The van der Waals surface area contributed by atoms with Crippen molar-refractivity contribution in [3.05, 3.63) is 120 Å². The fourth-order valence-corrected chi connectivity index (χ4v) is 7.87.